The maximum Gasteiger partial charge on any atom is 0.274 e. The Labute approximate surface area is 634 Å². The molecule has 3 amide bonds. The average Bonchev–Trinajstić information content (AvgIpc) is 1.63. The number of nitrogens with one attached hydrogen (secondary N) is 3. The van der Waals surface area contributed by atoms with Gasteiger partial charge < -0.3 is 59.7 Å². The zero-order chi connectivity index (χ0) is 75.2. The van der Waals surface area contributed by atoms with E-state index < -0.39 is 0 Å². The van der Waals surface area contributed by atoms with Crippen molar-refractivity contribution < 1.29 is 29.7 Å². The van der Waals surface area contributed by atoms with Crippen molar-refractivity contribution in [2.75, 3.05) is 55.2 Å². The molecule has 576 valence electrons. The summed E-state index contributed by atoms with van der Waals surface area (Å²) in [6, 6.07) is 7.44. The minimum absolute atomic E-state index is 0.00232. The molecule has 6 fully saturated rings. The first-order chi connectivity index (χ1) is 52.6. The van der Waals surface area contributed by atoms with Crippen LogP contribution in [0.3, 0.4) is 0 Å². The molecule has 3 saturated heterocycles. The van der Waals surface area contributed by atoms with E-state index in [1.54, 1.807) is 37.1 Å². The number of piperidine rings is 3. The number of nitrogens with zero attached hydrogens (tertiary/aromatic N) is 17. The van der Waals surface area contributed by atoms with Crippen molar-refractivity contribution in [3.8, 4) is 0 Å². The van der Waals surface area contributed by atoms with Gasteiger partial charge >= 0.3 is 0 Å². The Hall–Kier alpha value is -9.14. The Morgan fingerprint density at radius 1 is 0.407 bits per heavy atom. The van der Waals surface area contributed by atoms with Crippen molar-refractivity contribution in [1.29, 1.82) is 0 Å². The normalized spacial score (nSPS) is 22.0. The minimum atomic E-state index is -0.194. The Bertz CT molecular complexity index is 3940. The number of pyridine rings is 1. The van der Waals surface area contributed by atoms with Crippen LogP contribution < -0.4 is 16.0 Å². The number of aliphatic hydroxyl groups is 3. The van der Waals surface area contributed by atoms with Gasteiger partial charge in [-0.2, -0.15) is 15.0 Å². The topological polar surface area (TPSA) is 314 Å². The van der Waals surface area contributed by atoms with Crippen LogP contribution in [0.15, 0.2) is 98.9 Å². The lowest BCUT2D eigenvalue weighted by molar-refractivity contribution is 0.0699. The lowest BCUT2D eigenvalue weighted by Gasteiger charge is -2.32. The summed E-state index contributed by atoms with van der Waals surface area (Å²) in [7, 11) is 0. The molecular weight excluding hydrogens is 1360 g/mol. The third kappa shape index (κ3) is 18.6. The van der Waals surface area contributed by atoms with E-state index in [0.717, 1.165) is 200 Å². The Balaban J connectivity index is 0.000000143. The first-order valence-corrected chi connectivity index (χ1v) is 40.4. The zero-order valence-electron chi connectivity index (χ0n) is 64.0. The van der Waals surface area contributed by atoms with E-state index in [2.05, 4.69) is 130 Å². The Kier molecular flexibility index (Phi) is 25.9. The van der Waals surface area contributed by atoms with E-state index in [-0.39, 0.29) is 36.0 Å². The number of aliphatic hydroxyl groups excluding tert-OH is 3. The van der Waals surface area contributed by atoms with Crippen LogP contribution in [-0.2, 0) is 0 Å². The van der Waals surface area contributed by atoms with Gasteiger partial charge in [0.25, 0.3) is 17.7 Å². The summed E-state index contributed by atoms with van der Waals surface area (Å²) in [5.74, 6) is 3.04. The second-order valence-electron chi connectivity index (χ2n) is 31.3. The van der Waals surface area contributed by atoms with Crippen LogP contribution in [0.2, 0.25) is 0 Å². The molecule has 108 heavy (non-hydrogen) atoms. The molecule has 3 saturated carbocycles. The van der Waals surface area contributed by atoms with E-state index in [9.17, 15) is 29.7 Å². The first-order valence-electron chi connectivity index (χ1n) is 40.4. The van der Waals surface area contributed by atoms with Gasteiger partial charge in [0.05, 0.1) is 30.1 Å². The summed E-state index contributed by atoms with van der Waals surface area (Å²) in [6.07, 6.45) is 45.8. The van der Waals surface area contributed by atoms with Crippen molar-refractivity contribution in [3.05, 3.63) is 133 Å². The minimum Gasteiger partial charge on any atom is -0.393 e. The van der Waals surface area contributed by atoms with Crippen molar-refractivity contribution in [3.63, 3.8) is 0 Å². The molecule has 6 aliphatic rings. The van der Waals surface area contributed by atoms with Gasteiger partial charge in [-0.3, -0.25) is 24.4 Å². The SMILES string of the molecule is CCC[C@H](C)Nc1ncc2c(C3CCN(C(=O)c4ccccn4)CC3)cn(C3CCC(O)CC3)c2n1.CCC[C@H](C)Nc1ncc2c(C3CCN(C(=O)c4cnccn4)CC3)cn(C3CCC(O)CC3)c2n1.CCC[C@H](C)Nc1ncc2c(C3CCN(C(=O)c4cncnc4)CC3)cn(C3CCC(O)CC3)c2n1. The number of rotatable bonds is 21. The highest BCUT2D eigenvalue weighted by Crippen LogP contribution is 2.43. The van der Waals surface area contributed by atoms with Gasteiger partial charge in [-0.25, -0.2) is 29.9 Å². The van der Waals surface area contributed by atoms with Gasteiger partial charge in [-0.05, 0) is 202 Å². The number of hydrogen-bond acceptors (Lipinski definition) is 20. The molecule has 26 nitrogen and oxygen atoms in total. The van der Waals surface area contributed by atoms with E-state index in [1.165, 1.54) is 29.2 Å². The second kappa shape index (κ2) is 36.4. The number of aromatic nitrogens is 14. The summed E-state index contributed by atoms with van der Waals surface area (Å²) < 4.78 is 7.02. The molecule has 12 heterocycles. The standard InChI is InChI=1S/C28H38N6O2.2C27H37N7O2/c1-3-6-19(2)31-28-30-17-23-24(18-34(26(23)32-28)21-8-10-22(35)11-9-21)20-12-15-33(16-13-20)27(36)25-7-4-5-14-29-25;1-3-4-18(2)31-27-30-15-22-23(17-34(25(22)32-27)20-5-7-21(35)8-6-20)19-9-13-33(14-10-19)26(36)24-16-28-11-12-29-24;1-3-4-18(2)31-27-30-15-23-24(16-34(25(23)32-27)21-5-7-22(35)8-6-21)19-9-11-33(12-10-19)26(36)20-13-28-17-29-14-20/h4-5,7,14,17-22,35H,3,6,8-13,15-16H2,1-2H3,(H,30,31,32);11-12,15-21,35H,3-10,13-14H2,1-2H3,(H,30,31,32);13-19,21-22,35H,3-12H2,1-2H3,(H,30,31,32)/t19-,21?,22?;18-,20?,21?;18-,21?,22?/m000/s1. The summed E-state index contributed by atoms with van der Waals surface area (Å²) in [6.45, 7) is 17.3. The van der Waals surface area contributed by atoms with Crippen LogP contribution in [0, 0.1) is 0 Å². The highest BCUT2D eigenvalue weighted by molar-refractivity contribution is 5.94. The molecule has 0 unspecified atom stereocenters. The number of likely N-dealkylation sites (tertiary alicyclic amines) is 3. The number of carbonyl (C=O) groups is 3. The van der Waals surface area contributed by atoms with Gasteiger partial charge in [0.1, 0.15) is 34.7 Å². The van der Waals surface area contributed by atoms with Gasteiger partial charge in [-0.15, -0.1) is 0 Å². The highest BCUT2D eigenvalue weighted by Gasteiger charge is 2.35. The Morgan fingerprint density at radius 2 is 0.759 bits per heavy atom. The van der Waals surface area contributed by atoms with Crippen molar-refractivity contribution in [2.24, 2.45) is 0 Å². The van der Waals surface area contributed by atoms with Crippen LogP contribution in [0.25, 0.3) is 33.1 Å². The summed E-state index contributed by atoms with van der Waals surface area (Å²) >= 11 is 0. The van der Waals surface area contributed by atoms with E-state index in [0.29, 0.717) is 115 Å². The maximum atomic E-state index is 12.9. The second-order valence-corrected chi connectivity index (χ2v) is 31.3. The third-order valence-corrected chi connectivity index (χ3v) is 23.4. The van der Waals surface area contributed by atoms with E-state index in [1.807, 2.05) is 45.4 Å². The van der Waals surface area contributed by atoms with Crippen molar-refractivity contribution >= 4 is 68.7 Å². The fourth-order valence-electron chi connectivity index (χ4n) is 17.4. The number of anilines is 3. The van der Waals surface area contributed by atoms with Crippen molar-refractivity contribution in [1.82, 2.24) is 83.2 Å². The molecule has 0 aromatic carbocycles. The highest BCUT2D eigenvalue weighted by atomic mass is 16.3. The first kappa shape index (κ1) is 77.0. The van der Waals surface area contributed by atoms with Crippen molar-refractivity contribution in [2.45, 2.75) is 268 Å². The predicted octanol–water partition coefficient (Wildman–Crippen LogP) is 13.6. The number of fused-ring (bicyclic) bond motifs is 3. The molecule has 3 aliphatic carbocycles. The zero-order valence-corrected chi connectivity index (χ0v) is 64.0. The predicted molar refractivity (Wildman–Crippen MR) is 419 cm³/mol. The molecule has 26 heteroatoms. The van der Waals surface area contributed by atoms with Gasteiger partial charge in [0, 0.05) is 160 Å². The van der Waals surface area contributed by atoms with E-state index >= 15 is 0 Å². The third-order valence-electron chi connectivity index (χ3n) is 23.4. The lowest BCUT2D eigenvalue weighted by atomic mass is 9.89. The maximum absolute atomic E-state index is 12.9. The van der Waals surface area contributed by atoms with Gasteiger partial charge in [-0.1, -0.05) is 46.1 Å². The van der Waals surface area contributed by atoms with E-state index in [4.69, 9.17) is 15.0 Å². The number of carbonyl (C=O) groups excluding carboxylic acids is 3. The molecule has 3 atom stereocenters. The molecule has 15 rings (SSSR count). The molecule has 6 N–H and O–H groups in total. The number of hydrogen-bond donors (Lipinski definition) is 6. The molecule has 0 radical (unpaired) electrons. The molecule has 0 spiro atoms. The smallest absolute Gasteiger partial charge is 0.274 e. The summed E-state index contributed by atoms with van der Waals surface area (Å²) in [5, 5.41) is 43.9. The molecule has 9 aromatic heterocycles. The van der Waals surface area contributed by atoms with Crippen LogP contribution in [0.5, 0.6) is 0 Å². The van der Waals surface area contributed by atoms with Gasteiger partial charge in [0.15, 0.2) is 0 Å². The largest absolute Gasteiger partial charge is 0.393 e. The quantitative estimate of drug-likeness (QED) is 0.0389. The molecule has 9 aromatic rings. The fraction of sp³-hybridized carbons (Fsp3) is 0.585. The lowest BCUT2D eigenvalue weighted by Crippen LogP contribution is -2.38. The monoisotopic (exact) mass is 1470 g/mol. The average molecular weight is 1470 g/mol. The Morgan fingerprint density at radius 3 is 1.09 bits per heavy atom. The fourth-order valence-corrected chi connectivity index (χ4v) is 17.4. The van der Waals surface area contributed by atoms with Crippen LogP contribution >= 0.6 is 0 Å². The molecular formula is C82H112N20O6. The van der Waals surface area contributed by atoms with Crippen LogP contribution in [0.4, 0.5) is 17.8 Å². The summed E-state index contributed by atoms with van der Waals surface area (Å²) in [4.78, 5) is 93.7. The van der Waals surface area contributed by atoms with Crippen LogP contribution in [-0.4, -0.2) is 192 Å². The van der Waals surface area contributed by atoms with Gasteiger partial charge in [0.2, 0.25) is 17.8 Å². The molecule has 0 bridgehead atoms. The molecule has 3 aliphatic heterocycles. The summed E-state index contributed by atoms with van der Waals surface area (Å²) in [5.41, 5.74) is 8.23. The number of amides is 3. The van der Waals surface area contributed by atoms with Crippen LogP contribution in [0.1, 0.15) is 280 Å².